The smallest absolute Gasteiger partial charge is 0.227 e. The standard InChI is InChI=1S/C17H26N2O2/c1-2-17(10-6-11-18-14-17)16(20)19-12-7-13-21-15-8-4-3-5-9-15/h3-5,8-9,18H,2,6-7,10-14H2,1H3,(H,19,20). The van der Waals surface area contributed by atoms with E-state index in [2.05, 4.69) is 17.6 Å². The van der Waals surface area contributed by atoms with Crippen molar-refractivity contribution in [2.45, 2.75) is 32.6 Å². The van der Waals surface area contributed by atoms with Gasteiger partial charge in [-0.1, -0.05) is 25.1 Å². The molecule has 0 spiro atoms. The molecule has 0 aliphatic carbocycles. The molecule has 0 saturated carbocycles. The van der Waals surface area contributed by atoms with Gasteiger partial charge in [0, 0.05) is 13.1 Å². The van der Waals surface area contributed by atoms with Crippen LogP contribution in [0.4, 0.5) is 0 Å². The number of benzene rings is 1. The first-order valence-electron chi connectivity index (χ1n) is 7.94. The molecular formula is C17H26N2O2. The summed E-state index contributed by atoms with van der Waals surface area (Å²) in [6, 6.07) is 9.77. The third-order valence-corrected chi connectivity index (χ3v) is 4.25. The van der Waals surface area contributed by atoms with Gasteiger partial charge < -0.3 is 15.4 Å². The first-order chi connectivity index (χ1) is 10.3. The van der Waals surface area contributed by atoms with E-state index in [0.29, 0.717) is 13.2 Å². The maximum atomic E-state index is 12.4. The second-order valence-corrected chi connectivity index (χ2v) is 5.69. The minimum atomic E-state index is -0.210. The molecule has 4 nitrogen and oxygen atoms in total. The number of carbonyl (C=O) groups excluding carboxylic acids is 1. The molecule has 116 valence electrons. The van der Waals surface area contributed by atoms with Crippen LogP contribution in [0.5, 0.6) is 5.75 Å². The average molecular weight is 290 g/mol. The predicted octanol–water partition coefficient (Wildman–Crippen LogP) is 2.35. The van der Waals surface area contributed by atoms with Crippen LogP contribution in [0.15, 0.2) is 30.3 Å². The number of ether oxygens (including phenoxy) is 1. The van der Waals surface area contributed by atoms with Crippen molar-refractivity contribution in [1.82, 2.24) is 10.6 Å². The number of carbonyl (C=O) groups is 1. The fourth-order valence-electron chi connectivity index (χ4n) is 2.79. The van der Waals surface area contributed by atoms with Crippen LogP contribution in [0.2, 0.25) is 0 Å². The van der Waals surface area contributed by atoms with Gasteiger partial charge in [0.25, 0.3) is 0 Å². The van der Waals surface area contributed by atoms with Crippen LogP contribution in [0.25, 0.3) is 0 Å². The molecule has 0 radical (unpaired) electrons. The van der Waals surface area contributed by atoms with Crippen LogP contribution < -0.4 is 15.4 Å². The van der Waals surface area contributed by atoms with Gasteiger partial charge in [0.15, 0.2) is 0 Å². The minimum absolute atomic E-state index is 0.192. The normalized spacial score (nSPS) is 21.8. The van der Waals surface area contributed by atoms with Gasteiger partial charge in [0.05, 0.1) is 12.0 Å². The molecular weight excluding hydrogens is 264 g/mol. The zero-order chi connectivity index (χ0) is 15.0. The molecule has 0 bridgehead atoms. The number of para-hydroxylation sites is 1. The van der Waals surface area contributed by atoms with Crippen LogP contribution in [-0.4, -0.2) is 32.1 Å². The van der Waals surface area contributed by atoms with E-state index in [-0.39, 0.29) is 11.3 Å². The van der Waals surface area contributed by atoms with Crippen molar-refractivity contribution >= 4 is 5.91 Å². The number of nitrogens with one attached hydrogen (secondary N) is 2. The van der Waals surface area contributed by atoms with Crippen molar-refractivity contribution in [2.24, 2.45) is 5.41 Å². The highest BCUT2D eigenvalue weighted by molar-refractivity contribution is 5.82. The van der Waals surface area contributed by atoms with Crippen molar-refractivity contribution in [3.63, 3.8) is 0 Å². The summed E-state index contributed by atoms with van der Waals surface area (Å²) in [4.78, 5) is 12.4. The molecule has 1 amide bonds. The van der Waals surface area contributed by atoms with Gasteiger partial charge in [-0.3, -0.25) is 4.79 Å². The van der Waals surface area contributed by atoms with Crippen LogP contribution in [0.1, 0.15) is 32.6 Å². The molecule has 4 heteroatoms. The number of hydrogen-bond acceptors (Lipinski definition) is 3. The van der Waals surface area contributed by atoms with Crippen molar-refractivity contribution in [1.29, 1.82) is 0 Å². The fraction of sp³-hybridized carbons (Fsp3) is 0.588. The average Bonchev–Trinajstić information content (AvgIpc) is 2.56. The van der Waals surface area contributed by atoms with E-state index in [4.69, 9.17) is 4.74 Å². The molecule has 1 aliphatic heterocycles. The minimum Gasteiger partial charge on any atom is -0.494 e. The first-order valence-corrected chi connectivity index (χ1v) is 7.94. The summed E-state index contributed by atoms with van der Waals surface area (Å²) in [7, 11) is 0. The lowest BCUT2D eigenvalue weighted by molar-refractivity contribution is -0.132. The molecule has 1 heterocycles. The molecule has 1 aromatic carbocycles. The van der Waals surface area contributed by atoms with E-state index in [0.717, 1.165) is 44.5 Å². The predicted molar refractivity (Wildman–Crippen MR) is 84.4 cm³/mol. The molecule has 21 heavy (non-hydrogen) atoms. The lowest BCUT2D eigenvalue weighted by Crippen LogP contribution is -2.50. The van der Waals surface area contributed by atoms with E-state index >= 15 is 0 Å². The highest BCUT2D eigenvalue weighted by Crippen LogP contribution is 2.30. The van der Waals surface area contributed by atoms with Crippen molar-refractivity contribution in [3.05, 3.63) is 30.3 Å². The first kappa shape index (κ1) is 15.8. The Hall–Kier alpha value is -1.55. The maximum absolute atomic E-state index is 12.4. The van der Waals surface area contributed by atoms with Crippen molar-refractivity contribution < 1.29 is 9.53 Å². The van der Waals surface area contributed by atoms with Gasteiger partial charge in [-0.05, 0) is 44.4 Å². The Balaban J connectivity index is 1.67. The van der Waals surface area contributed by atoms with E-state index < -0.39 is 0 Å². The quantitative estimate of drug-likeness (QED) is 0.758. The summed E-state index contributed by atoms with van der Waals surface area (Å²) in [5.74, 6) is 1.07. The topological polar surface area (TPSA) is 50.4 Å². The number of piperidine rings is 1. The molecule has 2 N–H and O–H groups in total. The van der Waals surface area contributed by atoms with Gasteiger partial charge in [0.1, 0.15) is 5.75 Å². The van der Waals surface area contributed by atoms with Gasteiger partial charge in [-0.15, -0.1) is 0 Å². The summed E-state index contributed by atoms with van der Waals surface area (Å²) in [5, 5.41) is 6.42. The van der Waals surface area contributed by atoms with E-state index in [1.807, 2.05) is 30.3 Å². The highest BCUT2D eigenvalue weighted by atomic mass is 16.5. The molecule has 1 atom stereocenters. The van der Waals surface area contributed by atoms with Crippen LogP contribution >= 0.6 is 0 Å². The van der Waals surface area contributed by atoms with Crippen LogP contribution in [0.3, 0.4) is 0 Å². The van der Waals surface area contributed by atoms with Crippen LogP contribution in [-0.2, 0) is 4.79 Å². The van der Waals surface area contributed by atoms with E-state index in [1.54, 1.807) is 0 Å². The Labute approximate surface area is 127 Å². The third kappa shape index (κ3) is 4.46. The summed E-state index contributed by atoms with van der Waals surface area (Å²) in [6.45, 7) is 5.23. The third-order valence-electron chi connectivity index (χ3n) is 4.25. The fourth-order valence-corrected chi connectivity index (χ4v) is 2.79. The Bertz CT molecular complexity index is 428. The van der Waals surface area contributed by atoms with Crippen LogP contribution in [0, 0.1) is 5.41 Å². The summed E-state index contributed by atoms with van der Waals surface area (Å²) in [5.41, 5.74) is -0.210. The summed E-state index contributed by atoms with van der Waals surface area (Å²) < 4.78 is 5.62. The SMILES string of the molecule is CCC1(C(=O)NCCCOc2ccccc2)CCCNC1. The molecule has 1 unspecified atom stereocenters. The molecule has 1 aromatic rings. The van der Waals surface area contributed by atoms with Gasteiger partial charge in [-0.2, -0.15) is 0 Å². The highest BCUT2D eigenvalue weighted by Gasteiger charge is 2.37. The zero-order valence-corrected chi connectivity index (χ0v) is 12.9. The van der Waals surface area contributed by atoms with Gasteiger partial charge in [0.2, 0.25) is 5.91 Å². The van der Waals surface area contributed by atoms with Crippen molar-refractivity contribution in [3.8, 4) is 5.75 Å². The summed E-state index contributed by atoms with van der Waals surface area (Å²) >= 11 is 0. The lowest BCUT2D eigenvalue weighted by Gasteiger charge is -2.35. The largest absolute Gasteiger partial charge is 0.494 e. The Morgan fingerprint density at radius 3 is 2.86 bits per heavy atom. The molecule has 1 saturated heterocycles. The number of amides is 1. The summed E-state index contributed by atoms with van der Waals surface area (Å²) in [6.07, 6.45) is 3.79. The number of rotatable bonds is 7. The Morgan fingerprint density at radius 1 is 1.38 bits per heavy atom. The van der Waals surface area contributed by atoms with Crippen molar-refractivity contribution in [2.75, 3.05) is 26.2 Å². The maximum Gasteiger partial charge on any atom is 0.227 e. The van der Waals surface area contributed by atoms with Gasteiger partial charge in [-0.25, -0.2) is 0 Å². The Kier molecular flexibility index (Phi) is 6.05. The second kappa shape index (κ2) is 8.03. The Morgan fingerprint density at radius 2 is 2.19 bits per heavy atom. The second-order valence-electron chi connectivity index (χ2n) is 5.69. The molecule has 0 aromatic heterocycles. The molecule has 1 fully saturated rings. The molecule has 1 aliphatic rings. The molecule has 2 rings (SSSR count). The number of hydrogen-bond donors (Lipinski definition) is 2. The monoisotopic (exact) mass is 290 g/mol. The van der Waals surface area contributed by atoms with E-state index in [1.165, 1.54) is 0 Å². The van der Waals surface area contributed by atoms with E-state index in [9.17, 15) is 4.79 Å². The zero-order valence-electron chi connectivity index (χ0n) is 12.9. The lowest BCUT2D eigenvalue weighted by atomic mass is 9.77. The van der Waals surface area contributed by atoms with Gasteiger partial charge >= 0.3 is 0 Å².